The van der Waals surface area contributed by atoms with Crippen LogP contribution in [0.2, 0.25) is 10.0 Å². The fourth-order valence-corrected chi connectivity index (χ4v) is 3.48. The van der Waals surface area contributed by atoms with Crippen molar-refractivity contribution in [1.82, 2.24) is 9.19 Å². The molecular formula is C15H15Cl2FN2O5S. The van der Waals surface area contributed by atoms with E-state index >= 15 is 0 Å². The topological polar surface area (TPSA) is 87.5 Å². The third-order valence-electron chi connectivity index (χ3n) is 3.48. The summed E-state index contributed by atoms with van der Waals surface area (Å²) in [6.07, 6.45) is 0. The fourth-order valence-electron chi connectivity index (χ4n) is 2.05. The van der Waals surface area contributed by atoms with E-state index in [4.69, 9.17) is 27.9 Å². The summed E-state index contributed by atoms with van der Waals surface area (Å²) in [5.41, 5.74) is -0.0550. The summed E-state index contributed by atoms with van der Waals surface area (Å²) in [5.74, 6) is -1.64. The van der Waals surface area contributed by atoms with Crippen molar-refractivity contribution in [3.8, 4) is 17.0 Å². The summed E-state index contributed by atoms with van der Waals surface area (Å²) in [6, 6.07) is 2.15. The van der Waals surface area contributed by atoms with Gasteiger partial charge in [-0.25, -0.2) is 17.6 Å². The van der Waals surface area contributed by atoms with Crippen molar-refractivity contribution in [3.05, 3.63) is 33.7 Å². The van der Waals surface area contributed by atoms with Crippen LogP contribution in [0.1, 0.15) is 12.6 Å². The van der Waals surface area contributed by atoms with Gasteiger partial charge >= 0.3 is 5.97 Å². The van der Waals surface area contributed by atoms with E-state index < -0.39 is 28.4 Å². The van der Waals surface area contributed by atoms with E-state index in [9.17, 15) is 17.6 Å². The molecule has 26 heavy (non-hydrogen) atoms. The minimum atomic E-state index is -3.71. The normalized spacial score (nSPS) is 11.5. The molecule has 0 saturated carbocycles. The van der Waals surface area contributed by atoms with Gasteiger partial charge in [0.25, 0.3) is 10.0 Å². The molecule has 0 aliphatic carbocycles. The zero-order valence-electron chi connectivity index (χ0n) is 14.0. The van der Waals surface area contributed by atoms with Crippen LogP contribution in [-0.4, -0.2) is 43.0 Å². The number of esters is 1. The Morgan fingerprint density at radius 1 is 1.35 bits per heavy atom. The van der Waals surface area contributed by atoms with Gasteiger partial charge in [-0.15, -0.1) is 0 Å². The van der Waals surface area contributed by atoms with Gasteiger partial charge in [0.05, 0.1) is 28.6 Å². The second kappa shape index (κ2) is 7.81. The number of hydrogen-bond donors (Lipinski definition) is 0. The van der Waals surface area contributed by atoms with Crippen molar-refractivity contribution in [1.29, 1.82) is 0 Å². The molecule has 0 bridgehead atoms. The Morgan fingerprint density at radius 2 is 2.00 bits per heavy atom. The number of carbonyl (C=O) groups is 1. The third kappa shape index (κ3) is 3.94. The maximum atomic E-state index is 14.4. The van der Waals surface area contributed by atoms with Crippen LogP contribution in [0.5, 0.6) is 5.75 Å². The lowest BCUT2D eigenvalue weighted by molar-refractivity contribution is -0.142. The number of halogens is 3. The van der Waals surface area contributed by atoms with Gasteiger partial charge in [-0.1, -0.05) is 23.2 Å². The van der Waals surface area contributed by atoms with E-state index in [0.29, 0.717) is 0 Å². The Labute approximate surface area is 159 Å². The molecule has 1 heterocycles. The molecule has 0 fully saturated rings. The van der Waals surface area contributed by atoms with Crippen LogP contribution in [0.25, 0.3) is 11.3 Å². The van der Waals surface area contributed by atoms with Crippen molar-refractivity contribution < 1.29 is 27.1 Å². The van der Waals surface area contributed by atoms with E-state index in [1.54, 1.807) is 0 Å². The van der Waals surface area contributed by atoms with E-state index in [-0.39, 0.29) is 38.5 Å². The first-order valence-corrected chi connectivity index (χ1v) is 9.66. The molecule has 11 heteroatoms. The van der Waals surface area contributed by atoms with Crippen molar-refractivity contribution in [2.45, 2.75) is 13.8 Å². The first-order chi connectivity index (χ1) is 12.1. The first-order valence-electron chi connectivity index (χ1n) is 7.29. The molecule has 0 aliphatic rings. The second-order valence-corrected chi connectivity index (χ2v) is 7.99. The lowest BCUT2D eigenvalue weighted by atomic mass is 10.1. The Bertz CT molecular complexity index is 959. The highest BCUT2D eigenvalue weighted by molar-refractivity contribution is 7.89. The smallest absolute Gasteiger partial charge is 0.343 e. The number of hydrogen-bond acceptors (Lipinski definition) is 6. The Hall–Kier alpha value is -1.84. The van der Waals surface area contributed by atoms with Crippen LogP contribution in [-0.2, 0) is 19.6 Å². The summed E-state index contributed by atoms with van der Waals surface area (Å²) in [6.45, 7) is 2.47. The van der Waals surface area contributed by atoms with Crippen LogP contribution in [0.15, 0.2) is 12.1 Å². The van der Waals surface area contributed by atoms with Crippen molar-refractivity contribution in [2.75, 3.05) is 19.5 Å². The van der Waals surface area contributed by atoms with Gasteiger partial charge in [-0.3, -0.25) is 0 Å². The minimum Gasteiger partial charge on any atom is -0.480 e. The molecule has 142 valence electrons. The van der Waals surface area contributed by atoms with Crippen LogP contribution in [0.4, 0.5) is 4.39 Å². The average Bonchev–Trinajstić information content (AvgIpc) is 2.90. The lowest BCUT2D eigenvalue weighted by Gasteiger charge is -2.09. The van der Waals surface area contributed by atoms with Gasteiger partial charge in [0.15, 0.2) is 6.61 Å². The molecule has 1 aromatic carbocycles. The van der Waals surface area contributed by atoms with Crippen molar-refractivity contribution in [3.63, 3.8) is 0 Å². The molecule has 0 radical (unpaired) electrons. The van der Waals surface area contributed by atoms with Gasteiger partial charge in [0, 0.05) is 5.56 Å². The summed E-state index contributed by atoms with van der Waals surface area (Å²) in [5, 5.41) is 3.83. The molecule has 0 unspecified atom stereocenters. The maximum Gasteiger partial charge on any atom is 0.343 e. The first kappa shape index (κ1) is 20.5. The van der Waals surface area contributed by atoms with Gasteiger partial charge in [0.1, 0.15) is 17.3 Å². The number of benzene rings is 1. The third-order valence-corrected chi connectivity index (χ3v) is 5.84. The van der Waals surface area contributed by atoms with Gasteiger partial charge in [-0.05, 0) is 26.0 Å². The number of nitrogens with zero attached hydrogens (tertiary/aromatic N) is 2. The van der Waals surface area contributed by atoms with Crippen LogP contribution >= 0.6 is 23.2 Å². The zero-order chi connectivity index (χ0) is 19.6. The minimum absolute atomic E-state index is 0.00455. The molecule has 7 nitrogen and oxygen atoms in total. The fraction of sp³-hybridized carbons (Fsp3) is 0.333. The van der Waals surface area contributed by atoms with Crippen LogP contribution in [0.3, 0.4) is 0 Å². The summed E-state index contributed by atoms with van der Waals surface area (Å²) < 4.78 is 49.0. The monoisotopic (exact) mass is 424 g/mol. The van der Waals surface area contributed by atoms with E-state index in [1.165, 1.54) is 27.0 Å². The predicted molar refractivity (Wildman–Crippen MR) is 94.7 cm³/mol. The van der Waals surface area contributed by atoms with E-state index in [1.807, 2.05) is 0 Å². The lowest BCUT2D eigenvalue weighted by Crippen LogP contribution is -2.17. The van der Waals surface area contributed by atoms with Crippen LogP contribution in [0, 0.1) is 12.7 Å². The molecule has 0 spiro atoms. The summed E-state index contributed by atoms with van der Waals surface area (Å²) in [4.78, 5) is 11.2. The van der Waals surface area contributed by atoms with Crippen molar-refractivity contribution >= 4 is 39.2 Å². The van der Waals surface area contributed by atoms with Gasteiger partial charge < -0.3 is 9.47 Å². The molecule has 2 aromatic rings. The maximum absolute atomic E-state index is 14.4. The molecule has 0 amide bonds. The summed E-state index contributed by atoms with van der Waals surface area (Å²) in [7, 11) is -2.53. The standard InChI is InChI=1S/C15H15Cl2FN2O5S/c1-4-26(22,23)20-8(2)14(17)15(19-20)9-5-12(10(16)6-11(9)18)25-7-13(21)24-3/h5-6H,4,7H2,1-3H3. The van der Waals surface area contributed by atoms with E-state index in [2.05, 4.69) is 9.84 Å². The number of ether oxygens (including phenoxy) is 2. The van der Waals surface area contributed by atoms with Gasteiger partial charge in [-0.2, -0.15) is 9.19 Å². The molecular weight excluding hydrogens is 410 g/mol. The number of rotatable bonds is 6. The number of carbonyl (C=O) groups excluding carboxylic acids is 1. The van der Waals surface area contributed by atoms with Crippen molar-refractivity contribution in [2.24, 2.45) is 0 Å². The highest BCUT2D eigenvalue weighted by atomic mass is 35.5. The molecule has 1 aromatic heterocycles. The molecule has 0 N–H and O–H groups in total. The number of methoxy groups -OCH3 is 1. The Balaban J connectivity index is 2.55. The van der Waals surface area contributed by atoms with Gasteiger partial charge in [0.2, 0.25) is 0 Å². The average molecular weight is 425 g/mol. The molecule has 0 aliphatic heterocycles. The second-order valence-electron chi connectivity index (χ2n) is 5.12. The molecule has 2 rings (SSSR count). The Morgan fingerprint density at radius 3 is 2.58 bits per heavy atom. The largest absolute Gasteiger partial charge is 0.480 e. The van der Waals surface area contributed by atoms with Crippen LogP contribution < -0.4 is 4.74 Å². The highest BCUT2D eigenvalue weighted by Gasteiger charge is 2.24. The molecule has 0 saturated heterocycles. The quantitative estimate of drug-likeness (QED) is 0.662. The molecule has 0 atom stereocenters. The Kier molecular flexibility index (Phi) is 6.15. The van der Waals surface area contributed by atoms with E-state index in [0.717, 1.165) is 10.2 Å². The predicted octanol–water partition coefficient (Wildman–Crippen LogP) is 3.05. The summed E-state index contributed by atoms with van der Waals surface area (Å²) >= 11 is 12.1. The highest BCUT2D eigenvalue weighted by Crippen LogP contribution is 2.37. The zero-order valence-corrected chi connectivity index (χ0v) is 16.4. The number of aromatic nitrogens is 2. The SMILES string of the molecule is CCS(=O)(=O)n1nc(-c2cc(OCC(=O)OC)c(Cl)cc2F)c(Cl)c1C.